The summed E-state index contributed by atoms with van der Waals surface area (Å²) in [6.45, 7) is -0.118. The second kappa shape index (κ2) is 9.92. The maximum Gasteiger partial charge on any atom is 0.511 e. The maximum atomic E-state index is 13.4. The first-order valence-electron chi connectivity index (χ1n) is 8.14. The highest BCUT2D eigenvalue weighted by Crippen LogP contribution is 2.42. The van der Waals surface area contributed by atoms with Crippen molar-refractivity contribution < 1.29 is 51.6 Å². The molecule has 0 fully saturated rings. The van der Waals surface area contributed by atoms with Gasteiger partial charge in [0.25, 0.3) is 5.09 Å². The summed E-state index contributed by atoms with van der Waals surface area (Å²) in [6.07, 6.45) is -9.94. The van der Waals surface area contributed by atoms with Crippen LogP contribution >= 0.6 is 23.2 Å². The van der Waals surface area contributed by atoms with Crippen LogP contribution < -0.4 is 4.74 Å². The van der Waals surface area contributed by atoms with Gasteiger partial charge in [0.2, 0.25) is 12.4 Å². The second-order valence-electron chi connectivity index (χ2n) is 5.69. The molecule has 170 valence electrons. The van der Waals surface area contributed by atoms with Crippen LogP contribution in [0.1, 0.15) is 12.5 Å². The van der Waals surface area contributed by atoms with Crippen molar-refractivity contribution in [2.45, 2.75) is 25.5 Å². The molecule has 0 bridgehead atoms. The van der Waals surface area contributed by atoms with E-state index in [0.29, 0.717) is 0 Å². The molecule has 1 heterocycles. The predicted molar refractivity (Wildman–Crippen MR) is 95.8 cm³/mol. The number of hydrogen-bond donors (Lipinski definition) is 0. The van der Waals surface area contributed by atoms with E-state index in [9.17, 15) is 32.9 Å². The zero-order valence-electron chi connectivity index (χ0n) is 15.3. The summed E-state index contributed by atoms with van der Waals surface area (Å²) in [5.74, 6) is -1.82. The Kier molecular flexibility index (Phi) is 7.79. The van der Waals surface area contributed by atoms with Crippen LogP contribution in [-0.2, 0) is 23.8 Å². The van der Waals surface area contributed by atoms with Crippen LogP contribution in [0.25, 0.3) is 6.08 Å². The van der Waals surface area contributed by atoms with E-state index in [1.165, 1.54) is 12.1 Å². The van der Waals surface area contributed by atoms with Crippen LogP contribution in [0.15, 0.2) is 17.7 Å². The van der Waals surface area contributed by atoms with Crippen LogP contribution in [0.2, 0.25) is 10.0 Å². The first kappa shape index (κ1) is 24.3. The van der Waals surface area contributed by atoms with Crippen molar-refractivity contribution in [3.8, 4) is 5.75 Å². The van der Waals surface area contributed by atoms with Crippen molar-refractivity contribution in [1.29, 1.82) is 0 Å². The lowest BCUT2D eigenvalue weighted by Crippen LogP contribution is -2.41. The van der Waals surface area contributed by atoms with Crippen molar-refractivity contribution in [3.05, 3.63) is 43.4 Å². The van der Waals surface area contributed by atoms with Crippen LogP contribution in [0.3, 0.4) is 0 Å². The number of fused-ring (bicyclic) bond motifs is 1. The van der Waals surface area contributed by atoms with E-state index >= 15 is 0 Å². The van der Waals surface area contributed by atoms with Gasteiger partial charge < -0.3 is 23.8 Å². The molecular weight excluding hydrogens is 478 g/mol. The minimum absolute atomic E-state index is 0.00345. The van der Waals surface area contributed by atoms with Crippen molar-refractivity contribution in [3.63, 3.8) is 0 Å². The number of hydrogen-bond acceptors (Lipinski definition) is 9. The molecule has 15 heteroatoms. The van der Waals surface area contributed by atoms with Gasteiger partial charge in [-0.05, 0) is 18.2 Å². The fourth-order valence-electron chi connectivity index (χ4n) is 2.29. The third-order valence-electron chi connectivity index (χ3n) is 3.43. The highest BCUT2D eigenvalue weighted by molar-refractivity contribution is 6.36. The molecule has 2 atom stereocenters. The summed E-state index contributed by atoms with van der Waals surface area (Å²) in [7, 11) is 0. The lowest BCUT2D eigenvalue weighted by molar-refractivity contribution is -0.757. The molecule has 31 heavy (non-hydrogen) atoms. The number of halogens is 5. The molecule has 0 amide bonds. The lowest BCUT2D eigenvalue weighted by atomic mass is 10.0. The Hall–Kier alpha value is -2.93. The van der Waals surface area contributed by atoms with E-state index in [2.05, 4.69) is 14.3 Å². The summed E-state index contributed by atoms with van der Waals surface area (Å²) in [6, 6.07) is 2.40. The van der Waals surface area contributed by atoms with Gasteiger partial charge in [0.05, 0.1) is 10.6 Å². The van der Waals surface area contributed by atoms with Gasteiger partial charge in [-0.15, -0.1) is 10.1 Å². The van der Waals surface area contributed by atoms with E-state index in [-0.39, 0.29) is 21.4 Å². The van der Waals surface area contributed by atoms with Gasteiger partial charge in [0.15, 0.2) is 0 Å². The summed E-state index contributed by atoms with van der Waals surface area (Å²) in [5.41, 5.74) is -0.940. The molecule has 1 unspecified atom stereocenters. The minimum Gasteiger partial charge on any atom is -0.474 e. The van der Waals surface area contributed by atoms with E-state index in [1.807, 2.05) is 0 Å². The third kappa shape index (κ3) is 6.79. The molecule has 1 aliphatic rings. The molecule has 0 radical (unpaired) electrons. The zero-order chi connectivity index (χ0) is 23.3. The van der Waals surface area contributed by atoms with E-state index in [0.717, 1.165) is 13.0 Å². The molecule has 1 aromatic carbocycles. The molecule has 0 aromatic heterocycles. The van der Waals surface area contributed by atoms with Gasteiger partial charge in [-0.25, -0.2) is 9.59 Å². The van der Waals surface area contributed by atoms with E-state index in [1.54, 1.807) is 0 Å². The normalized spacial score (nSPS) is 16.2. The summed E-state index contributed by atoms with van der Waals surface area (Å²) in [5, 5.41) is 8.72. The van der Waals surface area contributed by atoms with Gasteiger partial charge in [-0.1, -0.05) is 23.2 Å². The molecular formula is C16H12Cl2F3NO9. The molecule has 1 aromatic rings. The number of carbonyl (C=O) groups is 2. The average Bonchev–Trinajstić information content (AvgIpc) is 2.63. The van der Waals surface area contributed by atoms with Crippen molar-refractivity contribution >= 4 is 41.4 Å². The Bertz CT molecular complexity index is 907. The molecule has 1 aliphatic heterocycles. The highest BCUT2D eigenvalue weighted by Gasteiger charge is 2.49. The fourth-order valence-corrected chi connectivity index (χ4v) is 2.85. The Morgan fingerprint density at radius 3 is 2.55 bits per heavy atom. The number of carbonyl (C=O) groups excluding carboxylic acids is 2. The highest BCUT2D eigenvalue weighted by atomic mass is 35.5. The Morgan fingerprint density at radius 2 is 1.94 bits per heavy atom. The monoisotopic (exact) mass is 489 g/mol. The zero-order valence-corrected chi connectivity index (χ0v) is 16.8. The van der Waals surface area contributed by atoms with Crippen LogP contribution in [-0.4, -0.2) is 49.0 Å². The van der Waals surface area contributed by atoms with Gasteiger partial charge in [-0.3, -0.25) is 0 Å². The number of rotatable bonds is 7. The quantitative estimate of drug-likeness (QED) is 0.184. The molecule has 0 saturated carbocycles. The summed E-state index contributed by atoms with van der Waals surface area (Å²) >= 11 is 11.7. The van der Waals surface area contributed by atoms with Gasteiger partial charge in [-0.2, -0.15) is 13.2 Å². The second-order valence-corrected chi connectivity index (χ2v) is 6.53. The van der Waals surface area contributed by atoms with Crippen LogP contribution in [0.5, 0.6) is 5.75 Å². The maximum absolute atomic E-state index is 13.4. The molecule has 0 N–H and O–H groups in total. The fraction of sp³-hybridized carbons (Fsp3) is 0.375. The molecule has 0 aliphatic carbocycles. The van der Waals surface area contributed by atoms with Crippen molar-refractivity contribution in [1.82, 2.24) is 0 Å². The topological polar surface area (TPSA) is 123 Å². The van der Waals surface area contributed by atoms with E-state index in [4.69, 9.17) is 32.7 Å². The molecule has 0 spiro atoms. The van der Waals surface area contributed by atoms with Gasteiger partial charge in [0, 0.05) is 17.5 Å². The Balaban J connectivity index is 2.09. The first-order valence-corrected chi connectivity index (χ1v) is 8.89. The lowest BCUT2D eigenvalue weighted by Gasteiger charge is -2.29. The van der Waals surface area contributed by atoms with Gasteiger partial charge >= 0.3 is 18.3 Å². The Morgan fingerprint density at radius 1 is 1.26 bits per heavy atom. The minimum atomic E-state index is -5.01. The number of benzene rings is 1. The SMILES string of the molecule is CC(OC(=O)OCCO[N+](=O)[O-])OC(=O)C1=Cc2cc(Cl)cc(Cl)c2O[C@@H]1C(F)(F)F. The van der Waals surface area contributed by atoms with Gasteiger partial charge in [0.1, 0.15) is 19.0 Å². The summed E-state index contributed by atoms with van der Waals surface area (Å²) in [4.78, 5) is 37.5. The standard InChI is InChI=1S/C16H12Cl2F3NO9/c1-7(30-15(24)27-2-3-28-22(25)26)29-14(23)10-5-8-4-9(17)6-11(18)12(8)31-13(10)16(19,20)21/h4-7,13H,2-3H2,1H3/t7?,13-/m0/s1. The number of alkyl halides is 3. The summed E-state index contributed by atoms with van der Waals surface area (Å²) < 4.78 is 58.8. The average molecular weight is 490 g/mol. The van der Waals surface area contributed by atoms with Crippen LogP contribution in [0, 0.1) is 10.1 Å². The van der Waals surface area contributed by atoms with Crippen molar-refractivity contribution in [2.75, 3.05) is 13.2 Å². The molecule has 0 saturated heterocycles. The van der Waals surface area contributed by atoms with Crippen LogP contribution in [0.4, 0.5) is 18.0 Å². The third-order valence-corrected chi connectivity index (χ3v) is 3.93. The molecule has 2 rings (SSSR count). The smallest absolute Gasteiger partial charge is 0.474 e. The van der Waals surface area contributed by atoms with Crippen molar-refractivity contribution in [2.24, 2.45) is 0 Å². The number of ether oxygens (including phenoxy) is 4. The van der Waals surface area contributed by atoms with E-state index < -0.39 is 54.6 Å². The molecule has 10 nitrogen and oxygen atoms in total. The predicted octanol–water partition coefficient (Wildman–Crippen LogP) is 3.95. The number of esters is 1. The largest absolute Gasteiger partial charge is 0.511 e. The first-order chi connectivity index (χ1) is 14.4. The Labute approximate surface area is 181 Å². The number of nitrogens with zero attached hydrogens (tertiary/aromatic N) is 1.